The maximum absolute atomic E-state index is 6.16. The second-order valence-electron chi connectivity index (χ2n) is 5.51. The van der Waals surface area contributed by atoms with Crippen LogP contribution in [0.5, 0.6) is 0 Å². The third kappa shape index (κ3) is 1.61. The molecule has 20 heavy (non-hydrogen) atoms. The zero-order valence-electron chi connectivity index (χ0n) is 11.5. The molecule has 0 saturated heterocycles. The number of nitrogens with one attached hydrogen (secondary N) is 1. The van der Waals surface area contributed by atoms with E-state index in [0.29, 0.717) is 11.6 Å². The van der Waals surface area contributed by atoms with E-state index in [9.17, 15) is 0 Å². The molecule has 4 rings (SSSR count). The monoisotopic (exact) mass is 268 g/mol. The Kier molecular flexibility index (Phi) is 2.19. The molecule has 102 valence electrons. The van der Waals surface area contributed by atoms with Crippen LogP contribution in [-0.2, 0) is 7.05 Å². The van der Waals surface area contributed by atoms with Crippen LogP contribution < -0.4 is 5.73 Å². The van der Waals surface area contributed by atoms with Gasteiger partial charge in [-0.3, -0.25) is 0 Å². The van der Waals surface area contributed by atoms with Gasteiger partial charge in [0.1, 0.15) is 11.3 Å². The van der Waals surface area contributed by atoms with E-state index in [4.69, 9.17) is 5.73 Å². The summed E-state index contributed by atoms with van der Waals surface area (Å²) in [5.74, 6) is 1.65. The molecular formula is C14H16N6. The van der Waals surface area contributed by atoms with Crippen LogP contribution in [0.1, 0.15) is 30.3 Å². The molecule has 0 atom stereocenters. The van der Waals surface area contributed by atoms with E-state index in [2.05, 4.69) is 26.3 Å². The fraction of sp³-hybridized carbons (Fsp3) is 0.357. The zero-order chi connectivity index (χ0) is 13.9. The molecule has 0 bridgehead atoms. The number of benzene rings is 1. The van der Waals surface area contributed by atoms with E-state index in [1.54, 1.807) is 4.68 Å². The van der Waals surface area contributed by atoms with Crippen molar-refractivity contribution in [3.05, 3.63) is 23.7 Å². The topological polar surface area (TPSA) is 85.4 Å². The van der Waals surface area contributed by atoms with Crippen molar-refractivity contribution in [3.8, 4) is 11.3 Å². The first-order valence-electron chi connectivity index (χ1n) is 6.79. The number of hydrogen-bond donors (Lipinski definition) is 2. The fourth-order valence-electron chi connectivity index (χ4n) is 2.71. The third-order valence-corrected chi connectivity index (χ3v) is 3.87. The molecule has 1 saturated carbocycles. The number of nitrogen functional groups attached to an aromatic ring is 1. The molecule has 1 aliphatic rings. The summed E-state index contributed by atoms with van der Waals surface area (Å²) in [5.41, 5.74) is 11.6. The van der Waals surface area contributed by atoms with Crippen LogP contribution in [0.15, 0.2) is 12.1 Å². The zero-order valence-corrected chi connectivity index (χ0v) is 11.5. The average Bonchev–Trinajstić information content (AvgIpc) is 3.08. The predicted molar refractivity (Wildman–Crippen MR) is 77.2 cm³/mol. The van der Waals surface area contributed by atoms with Gasteiger partial charge in [0.2, 0.25) is 0 Å². The van der Waals surface area contributed by atoms with Crippen molar-refractivity contribution in [3.63, 3.8) is 0 Å². The van der Waals surface area contributed by atoms with E-state index in [1.807, 2.05) is 20.0 Å². The highest BCUT2D eigenvalue weighted by Crippen LogP contribution is 2.40. The van der Waals surface area contributed by atoms with Crippen LogP contribution in [-0.4, -0.2) is 25.0 Å². The van der Waals surface area contributed by atoms with Crippen LogP contribution in [0, 0.1) is 6.92 Å². The molecule has 3 aromatic rings. The summed E-state index contributed by atoms with van der Waals surface area (Å²) in [6, 6.07) is 4.03. The van der Waals surface area contributed by atoms with Gasteiger partial charge in [0.05, 0.1) is 22.6 Å². The lowest BCUT2D eigenvalue weighted by Crippen LogP contribution is -1.96. The SMILES string of the molecule is Cc1nnn(C)c1-c1cc(N)c2nc(C3CC3)[nH]c2c1. The summed E-state index contributed by atoms with van der Waals surface area (Å²) < 4.78 is 1.77. The van der Waals surface area contributed by atoms with E-state index in [-0.39, 0.29) is 0 Å². The minimum Gasteiger partial charge on any atom is -0.397 e. The summed E-state index contributed by atoms with van der Waals surface area (Å²) in [4.78, 5) is 8.02. The molecule has 0 unspecified atom stereocenters. The number of H-pyrrole nitrogens is 1. The number of aryl methyl sites for hydroxylation is 2. The van der Waals surface area contributed by atoms with Gasteiger partial charge in [0, 0.05) is 18.5 Å². The van der Waals surface area contributed by atoms with Crippen molar-refractivity contribution >= 4 is 16.7 Å². The van der Waals surface area contributed by atoms with Crippen molar-refractivity contribution in [2.45, 2.75) is 25.7 Å². The van der Waals surface area contributed by atoms with Gasteiger partial charge >= 0.3 is 0 Å². The maximum atomic E-state index is 6.16. The molecule has 2 aromatic heterocycles. The van der Waals surface area contributed by atoms with Crippen LogP contribution >= 0.6 is 0 Å². The normalized spacial score (nSPS) is 15.1. The van der Waals surface area contributed by atoms with Crippen LogP contribution in [0.2, 0.25) is 0 Å². The summed E-state index contributed by atoms with van der Waals surface area (Å²) in [6.45, 7) is 1.95. The van der Waals surface area contributed by atoms with Gasteiger partial charge in [0.15, 0.2) is 0 Å². The first-order chi connectivity index (χ1) is 9.63. The van der Waals surface area contributed by atoms with Crippen molar-refractivity contribution in [2.75, 3.05) is 5.73 Å². The van der Waals surface area contributed by atoms with Gasteiger partial charge in [-0.15, -0.1) is 5.10 Å². The lowest BCUT2D eigenvalue weighted by molar-refractivity contribution is 0.719. The molecule has 0 amide bonds. The molecule has 0 radical (unpaired) electrons. The number of rotatable bonds is 2. The van der Waals surface area contributed by atoms with Crippen LogP contribution in [0.3, 0.4) is 0 Å². The number of aromatic nitrogens is 5. The molecule has 3 N–H and O–H groups in total. The Bertz CT molecular complexity index is 789. The number of nitrogens with zero attached hydrogens (tertiary/aromatic N) is 4. The Hall–Kier alpha value is -2.37. The largest absolute Gasteiger partial charge is 0.397 e. The summed E-state index contributed by atoms with van der Waals surface area (Å²) in [6.07, 6.45) is 2.44. The van der Waals surface area contributed by atoms with Gasteiger partial charge in [-0.2, -0.15) is 0 Å². The predicted octanol–water partition coefficient (Wildman–Crippen LogP) is 2.13. The first-order valence-corrected chi connectivity index (χ1v) is 6.79. The number of anilines is 1. The fourth-order valence-corrected chi connectivity index (χ4v) is 2.71. The van der Waals surface area contributed by atoms with E-state index < -0.39 is 0 Å². The highest BCUT2D eigenvalue weighted by Gasteiger charge is 2.27. The smallest absolute Gasteiger partial charge is 0.112 e. The summed E-state index contributed by atoms with van der Waals surface area (Å²) in [7, 11) is 1.89. The quantitative estimate of drug-likeness (QED) is 0.697. The summed E-state index contributed by atoms with van der Waals surface area (Å²) >= 11 is 0. The van der Waals surface area contributed by atoms with Gasteiger partial charge in [0.25, 0.3) is 0 Å². The molecule has 6 heteroatoms. The summed E-state index contributed by atoms with van der Waals surface area (Å²) in [5, 5.41) is 8.14. The maximum Gasteiger partial charge on any atom is 0.112 e. The van der Waals surface area contributed by atoms with E-state index in [1.165, 1.54) is 12.8 Å². The molecule has 1 fully saturated rings. The van der Waals surface area contributed by atoms with Crippen molar-refractivity contribution in [1.29, 1.82) is 0 Å². The average molecular weight is 268 g/mol. The lowest BCUT2D eigenvalue weighted by atomic mass is 10.1. The minimum absolute atomic E-state index is 0.588. The molecule has 0 aliphatic heterocycles. The third-order valence-electron chi connectivity index (χ3n) is 3.87. The van der Waals surface area contributed by atoms with Crippen LogP contribution in [0.4, 0.5) is 5.69 Å². The second-order valence-corrected chi connectivity index (χ2v) is 5.51. The van der Waals surface area contributed by atoms with Crippen LogP contribution in [0.25, 0.3) is 22.3 Å². The van der Waals surface area contributed by atoms with Crippen molar-refractivity contribution in [2.24, 2.45) is 7.05 Å². The Morgan fingerprint density at radius 3 is 2.80 bits per heavy atom. The highest BCUT2D eigenvalue weighted by atomic mass is 15.4. The molecule has 2 heterocycles. The van der Waals surface area contributed by atoms with Gasteiger partial charge in [-0.05, 0) is 31.9 Å². The van der Waals surface area contributed by atoms with Gasteiger partial charge < -0.3 is 10.7 Å². The second kappa shape index (κ2) is 3.82. The van der Waals surface area contributed by atoms with E-state index >= 15 is 0 Å². The highest BCUT2D eigenvalue weighted by molar-refractivity contribution is 5.92. The van der Waals surface area contributed by atoms with E-state index in [0.717, 1.165) is 33.8 Å². The Balaban J connectivity index is 1.93. The van der Waals surface area contributed by atoms with Gasteiger partial charge in [-0.1, -0.05) is 5.21 Å². The Labute approximate surface area is 116 Å². The molecule has 6 nitrogen and oxygen atoms in total. The standard InChI is InChI=1S/C14H16N6/c1-7-13(20(2)19-18-7)9-5-10(15)12-11(6-9)16-14(17-12)8-3-4-8/h5-6,8H,3-4,15H2,1-2H3,(H,16,17). The first kappa shape index (κ1) is 11.5. The Morgan fingerprint density at radius 2 is 2.15 bits per heavy atom. The number of nitrogens with two attached hydrogens (primary N) is 1. The minimum atomic E-state index is 0.588. The lowest BCUT2D eigenvalue weighted by Gasteiger charge is -2.04. The number of imidazole rings is 1. The molecule has 1 aromatic carbocycles. The van der Waals surface area contributed by atoms with Gasteiger partial charge in [-0.25, -0.2) is 9.67 Å². The molecule has 1 aliphatic carbocycles. The number of aromatic amines is 1. The Morgan fingerprint density at radius 1 is 1.35 bits per heavy atom. The van der Waals surface area contributed by atoms with Crippen molar-refractivity contribution in [1.82, 2.24) is 25.0 Å². The number of fused-ring (bicyclic) bond motifs is 1. The molecule has 0 spiro atoms. The van der Waals surface area contributed by atoms with Crippen molar-refractivity contribution < 1.29 is 0 Å². The number of hydrogen-bond acceptors (Lipinski definition) is 4. The molecular weight excluding hydrogens is 252 g/mol.